The van der Waals surface area contributed by atoms with Gasteiger partial charge in [-0.05, 0) is 12.1 Å². The van der Waals surface area contributed by atoms with Crippen molar-refractivity contribution in [2.45, 2.75) is 6.54 Å². The molecule has 0 spiro atoms. The molecule has 0 aliphatic heterocycles. The summed E-state index contributed by atoms with van der Waals surface area (Å²) in [4.78, 5) is 10.0. The summed E-state index contributed by atoms with van der Waals surface area (Å²) in [5.41, 5.74) is 0.741. The molecule has 100 valence electrons. The van der Waals surface area contributed by atoms with Crippen LogP contribution in [0.15, 0.2) is 47.1 Å². The van der Waals surface area contributed by atoms with Gasteiger partial charge in [0.2, 0.25) is 11.8 Å². The average molecular weight is 271 g/mol. The summed E-state index contributed by atoms with van der Waals surface area (Å²) >= 11 is 0. The molecule has 0 bridgehead atoms. The third-order valence-corrected chi connectivity index (χ3v) is 2.62. The molecule has 0 aliphatic carbocycles. The van der Waals surface area contributed by atoms with Crippen LogP contribution in [0.4, 0.5) is 5.69 Å². The lowest BCUT2D eigenvalue weighted by atomic mass is 10.2. The molecule has 0 saturated heterocycles. The highest BCUT2D eigenvalue weighted by molar-refractivity contribution is 5.51. The van der Waals surface area contributed by atoms with E-state index < -0.39 is 4.92 Å². The van der Waals surface area contributed by atoms with Gasteiger partial charge in [-0.3, -0.25) is 14.8 Å². The van der Waals surface area contributed by atoms with E-state index in [0.29, 0.717) is 11.8 Å². The second-order valence-electron chi connectivity index (χ2n) is 4.02. The lowest BCUT2D eigenvalue weighted by molar-refractivity contribution is -0.385. The van der Waals surface area contributed by atoms with Gasteiger partial charge in [0.15, 0.2) is 0 Å². The van der Waals surface area contributed by atoms with Crippen molar-refractivity contribution in [2.24, 2.45) is 0 Å². The Labute approximate surface area is 112 Å². The van der Waals surface area contributed by atoms with E-state index in [1.165, 1.54) is 17.1 Å². The first-order chi connectivity index (χ1) is 9.72. The molecule has 0 aliphatic rings. The maximum atomic E-state index is 10.6. The Morgan fingerprint density at radius 3 is 2.75 bits per heavy atom. The van der Waals surface area contributed by atoms with Crippen LogP contribution in [0.2, 0.25) is 0 Å². The van der Waals surface area contributed by atoms with Crippen LogP contribution in [0.25, 0.3) is 11.5 Å². The van der Waals surface area contributed by atoms with E-state index >= 15 is 0 Å². The lowest BCUT2D eigenvalue weighted by Crippen LogP contribution is -2.00. The summed E-state index contributed by atoms with van der Waals surface area (Å²) in [5.74, 6) is 0.740. The molecular formula is C12H9N5O3. The smallest absolute Gasteiger partial charge is 0.307 e. The molecule has 0 amide bonds. The van der Waals surface area contributed by atoms with Crippen LogP contribution >= 0.6 is 0 Å². The van der Waals surface area contributed by atoms with E-state index in [1.807, 2.05) is 30.3 Å². The maximum Gasteiger partial charge on any atom is 0.307 e. The number of rotatable bonds is 4. The largest absolute Gasteiger partial charge is 0.419 e. The number of hydrogen-bond acceptors (Lipinski definition) is 6. The molecule has 1 aromatic carbocycles. The van der Waals surface area contributed by atoms with Crippen molar-refractivity contribution in [3.05, 3.63) is 58.7 Å². The van der Waals surface area contributed by atoms with Crippen molar-refractivity contribution >= 4 is 5.69 Å². The highest BCUT2D eigenvalue weighted by Gasteiger charge is 2.12. The maximum absolute atomic E-state index is 10.6. The Hall–Kier alpha value is -3.03. The monoisotopic (exact) mass is 271 g/mol. The first kappa shape index (κ1) is 12.0. The van der Waals surface area contributed by atoms with E-state index in [0.717, 1.165) is 5.56 Å². The zero-order valence-corrected chi connectivity index (χ0v) is 10.2. The molecule has 2 aromatic heterocycles. The summed E-state index contributed by atoms with van der Waals surface area (Å²) in [6, 6.07) is 9.35. The second kappa shape index (κ2) is 4.92. The summed E-state index contributed by atoms with van der Waals surface area (Å²) in [5, 5.41) is 22.2. The molecule has 8 nitrogen and oxygen atoms in total. The van der Waals surface area contributed by atoms with Gasteiger partial charge < -0.3 is 4.42 Å². The van der Waals surface area contributed by atoms with Crippen LogP contribution in [0.1, 0.15) is 5.89 Å². The van der Waals surface area contributed by atoms with E-state index in [2.05, 4.69) is 15.3 Å². The Bertz CT molecular complexity index is 734. The van der Waals surface area contributed by atoms with Crippen LogP contribution in [-0.4, -0.2) is 24.9 Å². The van der Waals surface area contributed by atoms with Gasteiger partial charge in [0, 0.05) is 5.56 Å². The van der Waals surface area contributed by atoms with Gasteiger partial charge in [-0.1, -0.05) is 18.2 Å². The molecule has 3 rings (SSSR count). The Morgan fingerprint density at radius 1 is 1.25 bits per heavy atom. The van der Waals surface area contributed by atoms with Gasteiger partial charge in [-0.15, -0.1) is 10.2 Å². The summed E-state index contributed by atoms with van der Waals surface area (Å²) in [7, 11) is 0. The van der Waals surface area contributed by atoms with E-state index in [4.69, 9.17) is 4.42 Å². The van der Waals surface area contributed by atoms with Crippen LogP contribution in [0.3, 0.4) is 0 Å². The van der Waals surface area contributed by atoms with Gasteiger partial charge in [-0.2, -0.15) is 5.10 Å². The molecule has 8 heteroatoms. The minimum Gasteiger partial charge on any atom is -0.419 e. The number of hydrogen-bond donors (Lipinski definition) is 0. The third kappa shape index (κ3) is 2.39. The first-order valence-electron chi connectivity index (χ1n) is 5.77. The highest BCUT2D eigenvalue weighted by atomic mass is 16.6. The molecule has 0 radical (unpaired) electrons. The molecule has 20 heavy (non-hydrogen) atoms. The SMILES string of the molecule is O=[N+]([O-])c1cnn(Cc2nnc(-c3ccccc3)o2)c1. The molecule has 0 unspecified atom stereocenters. The number of benzene rings is 1. The molecule has 0 N–H and O–H groups in total. The predicted octanol–water partition coefficient (Wildman–Crippen LogP) is 1.89. The van der Waals surface area contributed by atoms with Crippen molar-refractivity contribution < 1.29 is 9.34 Å². The normalized spacial score (nSPS) is 10.6. The molecular weight excluding hydrogens is 262 g/mol. The van der Waals surface area contributed by atoms with Crippen LogP contribution < -0.4 is 0 Å². The average Bonchev–Trinajstić information content (AvgIpc) is 3.10. The Balaban J connectivity index is 1.78. The minimum absolute atomic E-state index is 0.0761. The molecule has 3 aromatic rings. The van der Waals surface area contributed by atoms with Crippen molar-refractivity contribution in [1.82, 2.24) is 20.0 Å². The minimum atomic E-state index is -0.507. The highest BCUT2D eigenvalue weighted by Crippen LogP contribution is 2.17. The van der Waals surface area contributed by atoms with Gasteiger partial charge in [0.05, 0.1) is 4.92 Å². The number of nitro groups is 1. The fourth-order valence-electron chi connectivity index (χ4n) is 1.69. The van der Waals surface area contributed by atoms with Crippen LogP contribution in [0, 0.1) is 10.1 Å². The zero-order valence-electron chi connectivity index (χ0n) is 10.2. The van der Waals surface area contributed by atoms with Crippen molar-refractivity contribution in [2.75, 3.05) is 0 Å². The van der Waals surface area contributed by atoms with Crippen LogP contribution in [-0.2, 0) is 6.54 Å². The fourth-order valence-corrected chi connectivity index (χ4v) is 1.69. The number of aromatic nitrogens is 4. The first-order valence-corrected chi connectivity index (χ1v) is 5.77. The topological polar surface area (TPSA) is 99.9 Å². The number of nitrogens with zero attached hydrogens (tertiary/aromatic N) is 5. The van der Waals surface area contributed by atoms with Crippen molar-refractivity contribution in [1.29, 1.82) is 0 Å². The van der Waals surface area contributed by atoms with Gasteiger partial charge >= 0.3 is 5.69 Å². The molecule has 0 saturated carbocycles. The lowest BCUT2D eigenvalue weighted by Gasteiger charge is -1.94. The molecule has 2 heterocycles. The van der Waals surface area contributed by atoms with E-state index in [9.17, 15) is 10.1 Å². The van der Waals surface area contributed by atoms with E-state index in [1.54, 1.807) is 0 Å². The summed E-state index contributed by atoms with van der Waals surface area (Å²) < 4.78 is 6.87. The quantitative estimate of drug-likeness (QED) is 0.530. The zero-order chi connectivity index (χ0) is 13.9. The third-order valence-electron chi connectivity index (χ3n) is 2.62. The van der Waals surface area contributed by atoms with Crippen LogP contribution in [0.5, 0.6) is 0 Å². The molecule has 0 atom stereocenters. The fraction of sp³-hybridized carbons (Fsp3) is 0.0833. The predicted molar refractivity (Wildman–Crippen MR) is 67.7 cm³/mol. The standard InChI is InChI=1S/C12H9N5O3/c18-17(19)10-6-13-16(7-10)8-11-14-15-12(20-11)9-4-2-1-3-5-9/h1-7H,8H2. The van der Waals surface area contributed by atoms with Crippen molar-refractivity contribution in [3.63, 3.8) is 0 Å². The molecule has 0 fully saturated rings. The van der Waals surface area contributed by atoms with E-state index in [-0.39, 0.29) is 12.2 Å². The van der Waals surface area contributed by atoms with Gasteiger partial charge in [-0.25, -0.2) is 0 Å². The summed E-state index contributed by atoms with van der Waals surface area (Å²) in [6.45, 7) is 0.188. The summed E-state index contributed by atoms with van der Waals surface area (Å²) in [6.07, 6.45) is 2.49. The Kier molecular flexibility index (Phi) is 2.96. The second-order valence-corrected chi connectivity index (χ2v) is 4.02. The van der Waals surface area contributed by atoms with Gasteiger partial charge in [0.1, 0.15) is 18.9 Å². The Morgan fingerprint density at radius 2 is 2.05 bits per heavy atom. The van der Waals surface area contributed by atoms with Gasteiger partial charge in [0.25, 0.3) is 0 Å². The van der Waals surface area contributed by atoms with Crippen molar-refractivity contribution in [3.8, 4) is 11.5 Å².